The number of rotatable bonds is 3. The van der Waals surface area contributed by atoms with Crippen LogP contribution in [0.5, 0.6) is 0 Å². The molecule has 2 nitrogen and oxygen atoms in total. The quantitative estimate of drug-likeness (QED) is 0.598. The molecule has 0 rings (SSSR count). The molecule has 0 aromatic rings. The Kier molecular flexibility index (Phi) is 12.9. The molecule has 1 N–H and O–H groups in total. The van der Waals surface area contributed by atoms with Crippen LogP contribution >= 0.6 is 11.8 Å². The number of carboxylic acid groups (broad SMARTS) is 1. The molecule has 0 aliphatic rings. The van der Waals surface area contributed by atoms with Crippen LogP contribution in [0.2, 0.25) is 0 Å². The number of aliphatic carboxylic acids is 1. The second kappa shape index (κ2) is 8.46. The van der Waals surface area contributed by atoms with Crippen LogP contribution in [0.25, 0.3) is 0 Å². The van der Waals surface area contributed by atoms with Gasteiger partial charge in [-0.25, -0.2) is 0 Å². The Morgan fingerprint density at radius 2 is 2.25 bits per heavy atom. The van der Waals surface area contributed by atoms with Crippen molar-refractivity contribution in [2.75, 3.05) is 11.5 Å². The monoisotopic (exact) mass is 160 g/mol. The van der Waals surface area contributed by atoms with Gasteiger partial charge in [0.15, 0.2) is 0 Å². The Hall–Kier alpha value is 1.46. The van der Waals surface area contributed by atoms with Crippen molar-refractivity contribution in [1.29, 1.82) is 0 Å². The van der Waals surface area contributed by atoms with Gasteiger partial charge in [0, 0.05) is 0 Å². The van der Waals surface area contributed by atoms with E-state index in [2.05, 4.69) is 0 Å². The van der Waals surface area contributed by atoms with Gasteiger partial charge in [-0.2, -0.15) is 11.8 Å². The SMILES string of the molecule is CCSCC(=O)O.[KH]. The molecule has 0 saturated heterocycles. The van der Waals surface area contributed by atoms with Crippen molar-refractivity contribution in [2.24, 2.45) is 0 Å². The number of thioether (sulfide) groups is 1. The first kappa shape index (κ1) is 12.2. The van der Waals surface area contributed by atoms with Crippen LogP contribution in [0.3, 0.4) is 0 Å². The molecule has 0 atom stereocenters. The van der Waals surface area contributed by atoms with Crippen LogP contribution in [0, 0.1) is 0 Å². The van der Waals surface area contributed by atoms with Crippen LogP contribution in [-0.4, -0.2) is 74.0 Å². The Morgan fingerprint density at radius 1 is 1.75 bits per heavy atom. The minimum atomic E-state index is -0.730. The molecule has 8 heavy (non-hydrogen) atoms. The van der Waals surface area contributed by atoms with E-state index in [-0.39, 0.29) is 57.1 Å². The van der Waals surface area contributed by atoms with Crippen molar-refractivity contribution in [1.82, 2.24) is 0 Å². The molecule has 0 aliphatic carbocycles. The average Bonchev–Trinajstić information content (AvgIpc) is 1.61. The van der Waals surface area contributed by atoms with Gasteiger partial charge in [0.1, 0.15) is 0 Å². The van der Waals surface area contributed by atoms with Gasteiger partial charge in [-0.1, -0.05) is 6.92 Å². The predicted molar refractivity (Wildman–Crippen MR) is 37.8 cm³/mol. The van der Waals surface area contributed by atoms with E-state index in [0.717, 1.165) is 5.75 Å². The molecule has 0 aromatic heterocycles. The maximum atomic E-state index is 9.74. The molecule has 0 bridgehead atoms. The van der Waals surface area contributed by atoms with Gasteiger partial charge in [-0.05, 0) is 5.75 Å². The molecule has 4 heteroatoms. The van der Waals surface area contributed by atoms with Crippen molar-refractivity contribution in [3.63, 3.8) is 0 Å². The normalized spacial score (nSPS) is 7.62. The Balaban J connectivity index is 0. The summed E-state index contributed by atoms with van der Waals surface area (Å²) in [6.07, 6.45) is 0. The van der Waals surface area contributed by atoms with Crippen LogP contribution < -0.4 is 0 Å². The summed E-state index contributed by atoms with van der Waals surface area (Å²) in [6.45, 7) is 1.94. The zero-order valence-corrected chi connectivity index (χ0v) is 4.99. The zero-order chi connectivity index (χ0) is 5.70. The Bertz CT molecular complexity index is 67.1. The van der Waals surface area contributed by atoms with Gasteiger partial charge in [-0.3, -0.25) is 4.79 Å². The third-order valence-electron chi connectivity index (χ3n) is 0.430. The summed E-state index contributed by atoms with van der Waals surface area (Å²) in [4.78, 5) is 9.74. The number of carboxylic acids is 1. The topological polar surface area (TPSA) is 37.3 Å². The number of hydrogen-bond donors (Lipinski definition) is 1. The van der Waals surface area contributed by atoms with Gasteiger partial charge in [0.2, 0.25) is 0 Å². The molecule has 0 radical (unpaired) electrons. The van der Waals surface area contributed by atoms with E-state index in [9.17, 15) is 4.79 Å². The number of carbonyl (C=O) groups is 1. The van der Waals surface area contributed by atoms with Gasteiger partial charge in [0.05, 0.1) is 5.75 Å². The van der Waals surface area contributed by atoms with Gasteiger partial charge in [0.25, 0.3) is 0 Å². The van der Waals surface area contributed by atoms with E-state index in [1.807, 2.05) is 6.92 Å². The molecule has 0 aliphatic heterocycles. The first-order chi connectivity index (χ1) is 3.27. The summed E-state index contributed by atoms with van der Waals surface area (Å²) in [5.41, 5.74) is 0. The predicted octanol–water partition coefficient (Wildman–Crippen LogP) is 0.176. The molecule has 0 spiro atoms. The Labute approximate surface area is 95.8 Å². The molecule has 0 heterocycles. The first-order valence-corrected chi connectivity index (χ1v) is 3.22. The summed E-state index contributed by atoms with van der Waals surface area (Å²) in [5, 5.41) is 8.02. The number of hydrogen-bond acceptors (Lipinski definition) is 2. The second-order valence-corrected chi connectivity index (χ2v) is 2.31. The standard InChI is InChI=1S/C4H8O2S.K.H/c1-2-7-3-4(5)6;;/h2-3H2,1H3,(H,5,6);;. The van der Waals surface area contributed by atoms with E-state index < -0.39 is 5.97 Å². The summed E-state index contributed by atoms with van der Waals surface area (Å²) in [5.74, 6) is 0.384. The fourth-order valence-corrected chi connectivity index (χ4v) is 0.568. The molecule has 0 fully saturated rings. The third kappa shape index (κ3) is 10.4. The molecule has 44 valence electrons. The molecular weight excluding hydrogens is 151 g/mol. The molecule has 0 unspecified atom stereocenters. The minimum absolute atomic E-state index is 0. The van der Waals surface area contributed by atoms with E-state index in [1.54, 1.807) is 0 Å². The molecule has 0 amide bonds. The van der Waals surface area contributed by atoms with Gasteiger partial charge < -0.3 is 5.11 Å². The van der Waals surface area contributed by atoms with Crippen LogP contribution in [0.1, 0.15) is 6.92 Å². The summed E-state index contributed by atoms with van der Waals surface area (Å²) < 4.78 is 0. The van der Waals surface area contributed by atoms with Crippen LogP contribution in [-0.2, 0) is 4.79 Å². The van der Waals surface area contributed by atoms with Crippen molar-refractivity contribution in [2.45, 2.75) is 6.92 Å². The van der Waals surface area contributed by atoms with Crippen LogP contribution in [0.4, 0.5) is 0 Å². The van der Waals surface area contributed by atoms with E-state index >= 15 is 0 Å². The van der Waals surface area contributed by atoms with Crippen LogP contribution in [0.15, 0.2) is 0 Å². The second-order valence-electron chi connectivity index (χ2n) is 1.03. The van der Waals surface area contributed by atoms with Crippen molar-refractivity contribution < 1.29 is 9.90 Å². The fourth-order valence-electron chi connectivity index (χ4n) is 0.189. The first-order valence-electron chi connectivity index (χ1n) is 2.07. The zero-order valence-electron chi connectivity index (χ0n) is 4.18. The van der Waals surface area contributed by atoms with E-state index in [0.29, 0.717) is 0 Å². The molecule has 0 saturated carbocycles. The molecule has 0 aromatic carbocycles. The van der Waals surface area contributed by atoms with Crippen molar-refractivity contribution in [3.8, 4) is 0 Å². The summed E-state index contributed by atoms with van der Waals surface area (Å²) in [6, 6.07) is 0. The van der Waals surface area contributed by atoms with Crippen molar-refractivity contribution >= 4 is 69.1 Å². The van der Waals surface area contributed by atoms with E-state index in [4.69, 9.17) is 5.11 Å². The fraction of sp³-hybridized carbons (Fsp3) is 0.750. The average molecular weight is 160 g/mol. The maximum absolute atomic E-state index is 9.74. The third-order valence-corrected chi connectivity index (χ3v) is 1.29. The Morgan fingerprint density at radius 3 is 2.38 bits per heavy atom. The van der Waals surface area contributed by atoms with Gasteiger partial charge in [-0.15, -0.1) is 0 Å². The summed E-state index contributed by atoms with van der Waals surface area (Å²) >= 11 is 1.42. The summed E-state index contributed by atoms with van der Waals surface area (Å²) in [7, 11) is 0. The van der Waals surface area contributed by atoms with Crippen molar-refractivity contribution in [3.05, 3.63) is 0 Å². The molecular formula is C4H9KO2S. The van der Waals surface area contributed by atoms with Gasteiger partial charge >= 0.3 is 57.4 Å². The van der Waals surface area contributed by atoms with E-state index in [1.165, 1.54) is 11.8 Å².